The summed E-state index contributed by atoms with van der Waals surface area (Å²) in [5, 5.41) is 14.9. The summed E-state index contributed by atoms with van der Waals surface area (Å²) in [5.74, 6) is 7.45. The minimum absolute atomic E-state index is 0.0876. The summed E-state index contributed by atoms with van der Waals surface area (Å²) in [7, 11) is 5.61. The van der Waals surface area contributed by atoms with Crippen molar-refractivity contribution in [3.63, 3.8) is 0 Å². The summed E-state index contributed by atoms with van der Waals surface area (Å²) in [6, 6.07) is 11.5. The number of anilines is 4. The summed E-state index contributed by atoms with van der Waals surface area (Å²) < 4.78 is 13.8. The standard InChI is InChI=1S/C49H59N11O6/c1-5-40-48(64)57(3)42-28-50-49(53-45(42)60(40)35-13-6-7-14-35)51-38-21-16-32(27-43(38)65-4)39-30-59(55-54-39)34-19-17-33(18-20-34)56(2)24-26-66-25-9-8-11-31-12-10-15-36-37(31)29-58(47(36)63)41-22-23-44(61)52-46(41)62/h10,12,15-16,21,27-28,30,33-35,40-41H,5-7,9,13-14,17-20,22-26,29H2,1-4H3,(H,50,51,53)(H,52,61,62)/t33-,34+,40-,41?/m1/s1. The highest BCUT2D eigenvalue weighted by atomic mass is 16.5. The maximum absolute atomic E-state index is 13.3. The molecule has 0 radical (unpaired) electrons. The molecule has 2 saturated carbocycles. The van der Waals surface area contributed by atoms with Crippen LogP contribution in [0.1, 0.15) is 112 Å². The lowest BCUT2D eigenvalue weighted by Crippen LogP contribution is -2.55. The molecule has 2 atom stereocenters. The molecule has 5 heterocycles. The molecule has 4 amide bonds. The Morgan fingerprint density at radius 1 is 0.985 bits per heavy atom. The molecule has 0 bridgehead atoms. The molecular weight excluding hydrogens is 839 g/mol. The predicted molar refractivity (Wildman–Crippen MR) is 248 cm³/mol. The van der Waals surface area contributed by atoms with Gasteiger partial charge in [0.15, 0.2) is 5.82 Å². The highest BCUT2D eigenvalue weighted by Gasteiger charge is 2.42. The highest BCUT2D eigenvalue weighted by molar-refractivity contribution is 6.06. The van der Waals surface area contributed by atoms with Crippen LogP contribution >= 0.6 is 0 Å². The first-order valence-electron chi connectivity index (χ1n) is 23.4. The fraction of sp³-hybridized carbons (Fsp3) is 0.510. The topological polar surface area (TPSA) is 180 Å². The van der Waals surface area contributed by atoms with Crippen LogP contribution in [0.5, 0.6) is 5.75 Å². The molecule has 2 aromatic heterocycles. The van der Waals surface area contributed by atoms with Crippen LogP contribution in [0, 0.1) is 11.8 Å². The molecular formula is C49H59N11O6. The fourth-order valence-electron chi connectivity index (χ4n) is 10.3. The van der Waals surface area contributed by atoms with Crippen molar-refractivity contribution in [2.75, 3.05) is 56.1 Å². The van der Waals surface area contributed by atoms with Gasteiger partial charge in [-0.15, -0.1) is 5.10 Å². The lowest BCUT2D eigenvalue weighted by atomic mass is 9.90. The molecule has 9 rings (SSSR count). The predicted octanol–water partition coefficient (Wildman–Crippen LogP) is 5.63. The minimum Gasteiger partial charge on any atom is -0.495 e. The van der Waals surface area contributed by atoms with E-state index in [9.17, 15) is 19.2 Å². The molecule has 1 unspecified atom stereocenters. The smallest absolute Gasteiger partial charge is 0.255 e. The molecule has 3 aliphatic heterocycles. The number of rotatable bonds is 14. The van der Waals surface area contributed by atoms with Gasteiger partial charge in [-0.25, -0.2) is 9.67 Å². The van der Waals surface area contributed by atoms with Crippen LogP contribution in [-0.2, 0) is 25.7 Å². The molecule has 17 heteroatoms. The first kappa shape index (κ1) is 44.8. The number of imide groups is 1. The number of likely N-dealkylation sites (N-methyl/N-ethyl adjacent to an activating group) is 2. The molecule has 3 fully saturated rings. The van der Waals surface area contributed by atoms with Crippen LogP contribution < -0.4 is 25.2 Å². The van der Waals surface area contributed by atoms with Gasteiger partial charge in [0.25, 0.3) is 5.91 Å². The van der Waals surface area contributed by atoms with Crippen LogP contribution in [-0.4, -0.2) is 124 Å². The van der Waals surface area contributed by atoms with Gasteiger partial charge in [0.05, 0.1) is 44.4 Å². The number of fused-ring (bicyclic) bond motifs is 2. The third-order valence-corrected chi connectivity index (χ3v) is 14.1. The zero-order chi connectivity index (χ0) is 45.9. The van der Waals surface area contributed by atoms with Crippen molar-refractivity contribution in [3.05, 3.63) is 65.5 Å². The van der Waals surface area contributed by atoms with Crippen molar-refractivity contribution >= 4 is 46.8 Å². The third kappa shape index (κ3) is 9.08. The Kier molecular flexibility index (Phi) is 13.3. The molecule has 346 valence electrons. The van der Waals surface area contributed by atoms with E-state index in [2.05, 4.69) is 61.5 Å². The van der Waals surface area contributed by atoms with Gasteiger partial charge in [-0.05, 0) is 88.2 Å². The van der Waals surface area contributed by atoms with Gasteiger partial charge in [0.2, 0.25) is 23.7 Å². The Morgan fingerprint density at radius 2 is 1.80 bits per heavy atom. The van der Waals surface area contributed by atoms with Gasteiger partial charge < -0.3 is 34.4 Å². The number of nitrogens with zero attached hydrogens (tertiary/aromatic N) is 9. The number of amides is 4. The molecule has 4 aromatic rings. The van der Waals surface area contributed by atoms with Crippen molar-refractivity contribution in [2.45, 2.75) is 121 Å². The Labute approximate surface area is 385 Å². The van der Waals surface area contributed by atoms with Crippen molar-refractivity contribution in [3.8, 4) is 28.8 Å². The molecule has 2 N–H and O–H groups in total. The monoisotopic (exact) mass is 897 g/mol. The zero-order valence-electron chi connectivity index (χ0n) is 38.3. The van der Waals surface area contributed by atoms with Crippen LogP contribution in [0.15, 0.2) is 48.8 Å². The number of benzene rings is 2. The van der Waals surface area contributed by atoms with E-state index < -0.39 is 11.9 Å². The van der Waals surface area contributed by atoms with E-state index in [-0.39, 0.29) is 42.3 Å². The number of hydrogen-bond donors (Lipinski definition) is 2. The molecule has 1 saturated heterocycles. The summed E-state index contributed by atoms with van der Waals surface area (Å²) >= 11 is 0. The maximum Gasteiger partial charge on any atom is 0.255 e. The zero-order valence-corrected chi connectivity index (χ0v) is 38.3. The summed E-state index contributed by atoms with van der Waals surface area (Å²) in [6.45, 7) is 4.30. The van der Waals surface area contributed by atoms with E-state index in [0.717, 1.165) is 97.5 Å². The molecule has 17 nitrogen and oxygen atoms in total. The lowest BCUT2D eigenvalue weighted by molar-refractivity contribution is -0.137. The summed E-state index contributed by atoms with van der Waals surface area (Å²) in [4.78, 5) is 68.0. The number of aromatic nitrogens is 5. The second-order valence-corrected chi connectivity index (χ2v) is 18.0. The molecule has 2 aromatic carbocycles. The van der Waals surface area contributed by atoms with Crippen molar-refractivity contribution < 1.29 is 28.7 Å². The van der Waals surface area contributed by atoms with E-state index in [0.29, 0.717) is 62.3 Å². The Morgan fingerprint density at radius 3 is 2.58 bits per heavy atom. The molecule has 2 aliphatic carbocycles. The average Bonchev–Trinajstić information content (AvgIpc) is 4.12. The van der Waals surface area contributed by atoms with Crippen LogP contribution in [0.2, 0.25) is 0 Å². The number of ether oxygens (including phenoxy) is 2. The van der Waals surface area contributed by atoms with Gasteiger partial charge in [-0.1, -0.05) is 49.0 Å². The van der Waals surface area contributed by atoms with E-state index in [1.54, 1.807) is 29.2 Å². The quantitative estimate of drug-likeness (QED) is 0.0905. The first-order chi connectivity index (χ1) is 32.1. The number of methoxy groups -OCH3 is 1. The number of piperidine rings is 1. The van der Waals surface area contributed by atoms with Crippen molar-refractivity contribution in [1.29, 1.82) is 0 Å². The third-order valence-electron chi connectivity index (χ3n) is 14.1. The van der Waals surface area contributed by atoms with Crippen LogP contribution in [0.3, 0.4) is 0 Å². The normalized spacial score (nSPS) is 22.0. The second kappa shape index (κ2) is 19.6. The number of hydrogen-bond acceptors (Lipinski definition) is 13. The number of nitrogens with one attached hydrogen (secondary N) is 2. The van der Waals surface area contributed by atoms with Crippen molar-refractivity contribution in [1.82, 2.24) is 40.1 Å². The number of carbonyl (C=O) groups is 4. The van der Waals surface area contributed by atoms with Gasteiger partial charge >= 0.3 is 0 Å². The Bertz CT molecular complexity index is 2540. The van der Waals surface area contributed by atoms with E-state index in [1.807, 2.05) is 48.3 Å². The van der Waals surface area contributed by atoms with Gasteiger partial charge in [0.1, 0.15) is 29.2 Å². The minimum atomic E-state index is -0.650. The van der Waals surface area contributed by atoms with Crippen molar-refractivity contribution in [2.24, 2.45) is 0 Å². The summed E-state index contributed by atoms with van der Waals surface area (Å²) in [6.07, 6.45) is 14.1. The average molecular weight is 898 g/mol. The van der Waals surface area contributed by atoms with E-state index in [1.165, 1.54) is 0 Å². The maximum atomic E-state index is 13.3. The van der Waals surface area contributed by atoms with E-state index >= 15 is 0 Å². The van der Waals surface area contributed by atoms with E-state index in [4.69, 9.17) is 14.5 Å². The number of carbonyl (C=O) groups excluding carboxylic acids is 4. The van der Waals surface area contributed by atoms with Gasteiger partial charge in [0, 0.05) is 61.8 Å². The molecule has 66 heavy (non-hydrogen) atoms. The molecule has 5 aliphatic rings. The SMILES string of the molecule is CC[C@@H]1C(=O)N(C)c2cnc(Nc3ccc(-c4cn([C@H]5CC[C@@H](N(C)CCOCCC#Cc6cccc7c6CN(C6CCC(=O)NC6=O)C7=O)CC5)nn4)cc3OC)nc2N1C1CCCC1. The fourth-order valence-corrected chi connectivity index (χ4v) is 10.3. The molecule has 0 spiro atoms. The first-order valence-corrected chi connectivity index (χ1v) is 23.4. The second-order valence-electron chi connectivity index (χ2n) is 18.0. The highest BCUT2D eigenvalue weighted by Crippen LogP contribution is 2.41. The van der Waals surface area contributed by atoms with Crippen LogP contribution in [0.25, 0.3) is 11.3 Å². The Hall–Kier alpha value is -6.38. The summed E-state index contributed by atoms with van der Waals surface area (Å²) in [5.41, 5.74) is 5.29. The largest absolute Gasteiger partial charge is 0.495 e. The van der Waals surface area contributed by atoms with Gasteiger partial charge in [-0.2, -0.15) is 4.98 Å². The Balaban J connectivity index is 0.735. The van der Waals surface area contributed by atoms with Gasteiger partial charge in [-0.3, -0.25) is 24.5 Å². The lowest BCUT2D eigenvalue weighted by Gasteiger charge is -2.43. The van der Waals surface area contributed by atoms with Crippen LogP contribution in [0.4, 0.5) is 23.1 Å².